The Morgan fingerprint density at radius 1 is 1.13 bits per heavy atom. The Labute approximate surface area is 184 Å². The number of hydrogen-bond donors (Lipinski definition) is 2. The molecule has 0 saturated carbocycles. The fraction of sp³-hybridized carbons (Fsp3) is 0.318. The maximum Gasteiger partial charge on any atom is 0.412 e. The van der Waals surface area contributed by atoms with Crippen LogP contribution in [0.3, 0.4) is 0 Å². The molecule has 0 aliphatic carbocycles. The van der Waals surface area contributed by atoms with Crippen LogP contribution in [0.2, 0.25) is 0 Å². The zero-order valence-corrected chi connectivity index (χ0v) is 18.7. The summed E-state index contributed by atoms with van der Waals surface area (Å²) in [5.41, 5.74) is 1.34. The second-order valence-corrected chi connectivity index (χ2v) is 8.77. The predicted octanol–water partition coefficient (Wildman–Crippen LogP) is 5.02. The van der Waals surface area contributed by atoms with Gasteiger partial charge in [0.05, 0.1) is 28.2 Å². The highest BCUT2D eigenvalue weighted by Crippen LogP contribution is 2.25. The Balaban J connectivity index is 1.81. The molecule has 7 nitrogen and oxygen atoms in total. The smallest absolute Gasteiger partial charge is 0.412 e. The molecule has 2 aromatic carbocycles. The van der Waals surface area contributed by atoms with Crippen LogP contribution in [0.5, 0.6) is 0 Å². The summed E-state index contributed by atoms with van der Waals surface area (Å²) in [5.74, 6) is 0.507. The molecule has 0 aliphatic heterocycles. The topological polar surface area (TPSA) is 85.3 Å². The molecule has 164 valence electrons. The number of ether oxygens (including phenoxy) is 1. The number of anilines is 2. The summed E-state index contributed by atoms with van der Waals surface area (Å²) < 4.78 is 20.9. The van der Waals surface area contributed by atoms with Gasteiger partial charge in [-0.25, -0.2) is 14.2 Å². The average molecular weight is 445 g/mol. The first-order valence-corrected chi connectivity index (χ1v) is 11.1. The number of halogens is 1. The molecule has 0 bridgehead atoms. The Morgan fingerprint density at radius 2 is 1.87 bits per heavy atom. The normalized spacial score (nSPS) is 11.4. The van der Waals surface area contributed by atoms with E-state index in [1.54, 1.807) is 32.5 Å². The molecule has 0 atom stereocenters. The fourth-order valence-electron chi connectivity index (χ4n) is 3.02. The highest BCUT2D eigenvalue weighted by atomic mass is 32.2. The second kappa shape index (κ2) is 9.38. The standard InChI is InChI=1S/C22H25FN4O3S/c1-22(2,3)30-21(29)26-15-10-9-14(23)11-17(15)25-20(28)12-27-18-8-6-5-7-16(18)24-19(27)13-31-4/h5-11H,12-13H2,1-4H3,(H,25,28)(H,26,29). The summed E-state index contributed by atoms with van der Waals surface area (Å²) in [6.07, 6.45) is 1.27. The quantitative estimate of drug-likeness (QED) is 0.557. The molecule has 3 aromatic rings. The van der Waals surface area contributed by atoms with E-state index in [9.17, 15) is 14.0 Å². The molecule has 2 amide bonds. The molecule has 0 spiro atoms. The first-order chi connectivity index (χ1) is 14.7. The van der Waals surface area contributed by atoms with Gasteiger partial charge in [-0.1, -0.05) is 12.1 Å². The maximum absolute atomic E-state index is 13.8. The van der Waals surface area contributed by atoms with Gasteiger partial charge in [-0.3, -0.25) is 10.1 Å². The van der Waals surface area contributed by atoms with Crippen molar-refractivity contribution in [3.05, 3.63) is 54.1 Å². The van der Waals surface area contributed by atoms with Gasteiger partial charge in [0.15, 0.2) is 0 Å². The Hall–Kier alpha value is -3.07. The molecule has 1 aromatic heterocycles. The van der Waals surface area contributed by atoms with Gasteiger partial charge < -0.3 is 14.6 Å². The van der Waals surface area contributed by atoms with Gasteiger partial charge in [-0.15, -0.1) is 0 Å². The number of fused-ring (bicyclic) bond motifs is 1. The molecular weight excluding hydrogens is 419 g/mol. The van der Waals surface area contributed by atoms with Crippen LogP contribution < -0.4 is 10.6 Å². The molecule has 31 heavy (non-hydrogen) atoms. The summed E-state index contributed by atoms with van der Waals surface area (Å²) in [5, 5.41) is 5.24. The molecule has 0 aliphatic rings. The van der Waals surface area contributed by atoms with Gasteiger partial charge >= 0.3 is 6.09 Å². The van der Waals surface area contributed by atoms with E-state index in [2.05, 4.69) is 15.6 Å². The number of amides is 2. The number of rotatable bonds is 6. The summed E-state index contributed by atoms with van der Waals surface area (Å²) >= 11 is 1.60. The molecule has 9 heteroatoms. The van der Waals surface area contributed by atoms with E-state index in [4.69, 9.17) is 4.74 Å². The number of carbonyl (C=O) groups is 2. The molecule has 3 rings (SSSR count). The molecule has 2 N–H and O–H groups in total. The van der Waals surface area contributed by atoms with Gasteiger partial charge in [0.1, 0.15) is 23.8 Å². The van der Waals surface area contributed by atoms with Gasteiger partial charge in [0.2, 0.25) is 5.91 Å². The van der Waals surface area contributed by atoms with Crippen molar-refractivity contribution in [2.75, 3.05) is 16.9 Å². The molecule has 1 heterocycles. The molecule has 0 fully saturated rings. The number of carbonyl (C=O) groups excluding carboxylic acids is 2. The van der Waals surface area contributed by atoms with Crippen LogP contribution in [0.15, 0.2) is 42.5 Å². The van der Waals surface area contributed by atoms with Crippen LogP contribution in [0.25, 0.3) is 11.0 Å². The largest absolute Gasteiger partial charge is 0.444 e. The van der Waals surface area contributed by atoms with Gasteiger partial charge in [-0.2, -0.15) is 11.8 Å². The van der Waals surface area contributed by atoms with Crippen LogP contribution in [0.4, 0.5) is 20.6 Å². The van der Waals surface area contributed by atoms with Gasteiger partial charge in [0, 0.05) is 0 Å². The van der Waals surface area contributed by atoms with Crippen LogP contribution in [-0.4, -0.2) is 33.4 Å². The van der Waals surface area contributed by atoms with Crippen molar-refractivity contribution >= 4 is 46.2 Å². The summed E-state index contributed by atoms with van der Waals surface area (Å²) in [6, 6.07) is 11.3. The number of benzene rings is 2. The number of para-hydroxylation sites is 2. The highest BCUT2D eigenvalue weighted by molar-refractivity contribution is 7.97. The van der Waals surface area contributed by atoms with Crippen LogP contribution in [-0.2, 0) is 21.8 Å². The number of nitrogens with one attached hydrogen (secondary N) is 2. The van der Waals surface area contributed by atoms with E-state index in [1.807, 2.05) is 35.1 Å². The summed E-state index contributed by atoms with van der Waals surface area (Å²) in [7, 11) is 0. The van der Waals surface area contributed by atoms with E-state index in [0.717, 1.165) is 22.9 Å². The Morgan fingerprint density at radius 3 is 2.58 bits per heavy atom. The van der Waals surface area contributed by atoms with Crippen LogP contribution in [0.1, 0.15) is 26.6 Å². The maximum atomic E-state index is 13.8. The van der Waals surface area contributed by atoms with E-state index in [1.165, 1.54) is 12.1 Å². The third kappa shape index (κ3) is 5.97. The fourth-order valence-corrected chi connectivity index (χ4v) is 3.50. The van der Waals surface area contributed by atoms with Crippen molar-refractivity contribution < 1.29 is 18.7 Å². The number of aromatic nitrogens is 2. The lowest BCUT2D eigenvalue weighted by Gasteiger charge is -2.20. The first-order valence-electron chi connectivity index (χ1n) is 9.69. The van der Waals surface area contributed by atoms with Crippen molar-refractivity contribution in [2.45, 2.75) is 38.7 Å². The van der Waals surface area contributed by atoms with E-state index < -0.39 is 17.5 Å². The SMILES string of the molecule is CSCc1nc2ccccc2n1CC(=O)Nc1cc(F)ccc1NC(=O)OC(C)(C)C. The number of thioether (sulfide) groups is 1. The van der Waals surface area contributed by atoms with Gasteiger partial charge in [-0.05, 0) is 57.4 Å². The third-order valence-electron chi connectivity index (χ3n) is 4.20. The van der Waals surface area contributed by atoms with Crippen molar-refractivity contribution in [3.63, 3.8) is 0 Å². The van der Waals surface area contributed by atoms with E-state index in [-0.39, 0.29) is 23.8 Å². The zero-order chi connectivity index (χ0) is 22.6. The molecular formula is C22H25FN4O3S. The minimum atomic E-state index is -0.697. The lowest BCUT2D eigenvalue weighted by molar-refractivity contribution is -0.116. The molecule has 0 saturated heterocycles. The second-order valence-electron chi connectivity index (χ2n) is 7.90. The first kappa shape index (κ1) is 22.6. The Bertz CT molecular complexity index is 1110. The molecule has 0 unspecified atom stereocenters. The third-order valence-corrected chi connectivity index (χ3v) is 4.75. The van der Waals surface area contributed by atoms with Crippen molar-refractivity contribution in [1.82, 2.24) is 9.55 Å². The number of imidazole rings is 1. The minimum absolute atomic E-state index is 0.00119. The highest BCUT2D eigenvalue weighted by Gasteiger charge is 2.19. The van der Waals surface area contributed by atoms with E-state index >= 15 is 0 Å². The molecule has 0 radical (unpaired) electrons. The number of nitrogens with zero attached hydrogens (tertiary/aromatic N) is 2. The van der Waals surface area contributed by atoms with Crippen LogP contribution >= 0.6 is 11.8 Å². The lowest BCUT2D eigenvalue weighted by Crippen LogP contribution is -2.28. The van der Waals surface area contributed by atoms with Crippen molar-refractivity contribution in [3.8, 4) is 0 Å². The van der Waals surface area contributed by atoms with E-state index in [0.29, 0.717) is 5.75 Å². The zero-order valence-electron chi connectivity index (χ0n) is 17.9. The summed E-state index contributed by atoms with van der Waals surface area (Å²) in [6.45, 7) is 5.21. The monoisotopic (exact) mass is 444 g/mol. The Kier molecular flexibility index (Phi) is 6.84. The van der Waals surface area contributed by atoms with Crippen molar-refractivity contribution in [2.24, 2.45) is 0 Å². The minimum Gasteiger partial charge on any atom is -0.444 e. The average Bonchev–Trinajstić information content (AvgIpc) is 3.00. The van der Waals surface area contributed by atoms with Gasteiger partial charge in [0.25, 0.3) is 0 Å². The lowest BCUT2D eigenvalue weighted by atomic mass is 10.2. The van der Waals surface area contributed by atoms with Crippen LogP contribution in [0, 0.1) is 5.82 Å². The predicted molar refractivity (Wildman–Crippen MR) is 122 cm³/mol. The summed E-state index contributed by atoms with van der Waals surface area (Å²) in [4.78, 5) is 29.5. The van der Waals surface area contributed by atoms with Crippen molar-refractivity contribution in [1.29, 1.82) is 0 Å². The number of hydrogen-bond acceptors (Lipinski definition) is 5.